The summed E-state index contributed by atoms with van der Waals surface area (Å²) in [4.78, 5) is 2.63. The van der Waals surface area contributed by atoms with E-state index in [4.69, 9.17) is 5.73 Å². The number of benzene rings is 1. The normalized spacial score (nSPS) is 29.6. The minimum atomic E-state index is 0.809. The van der Waals surface area contributed by atoms with Gasteiger partial charge in [-0.2, -0.15) is 0 Å². The van der Waals surface area contributed by atoms with Crippen LogP contribution in [0.25, 0.3) is 0 Å². The van der Waals surface area contributed by atoms with Crippen LogP contribution in [-0.4, -0.2) is 10.9 Å². The van der Waals surface area contributed by atoms with Gasteiger partial charge in [-0.05, 0) is 48.4 Å². The van der Waals surface area contributed by atoms with Crippen LogP contribution in [0.1, 0.15) is 37.3 Å². The van der Waals surface area contributed by atoms with Gasteiger partial charge < -0.3 is 5.73 Å². The van der Waals surface area contributed by atoms with Gasteiger partial charge in [0.15, 0.2) is 0 Å². The Morgan fingerprint density at radius 2 is 2.00 bits per heavy atom. The molecule has 0 spiro atoms. The first kappa shape index (κ1) is 10.2. The van der Waals surface area contributed by atoms with Crippen LogP contribution in [0.5, 0.6) is 0 Å². The summed E-state index contributed by atoms with van der Waals surface area (Å²) in [6.07, 6.45) is 4.16. The van der Waals surface area contributed by atoms with Gasteiger partial charge in [-0.15, -0.1) is 0 Å². The Hall–Kier alpha value is -1.02. The number of fused-ring (bicyclic) bond motifs is 1. The van der Waals surface area contributed by atoms with Crippen LogP contribution in [0, 0.1) is 5.92 Å². The lowest BCUT2D eigenvalue weighted by molar-refractivity contribution is 0.198. The lowest BCUT2D eigenvalue weighted by Crippen LogP contribution is -2.28. The summed E-state index contributed by atoms with van der Waals surface area (Å²) >= 11 is 0. The predicted octanol–water partition coefficient (Wildman–Crippen LogP) is 2.77. The number of hydrogen-bond donors (Lipinski definition) is 1. The van der Waals surface area contributed by atoms with Crippen molar-refractivity contribution in [1.29, 1.82) is 0 Å². The number of nitrogen functional groups attached to an aromatic ring is 1. The molecule has 0 saturated heterocycles. The summed E-state index contributed by atoms with van der Waals surface area (Å²) in [7, 11) is 0. The first-order valence-electron chi connectivity index (χ1n) is 6.33. The molecule has 0 bridgehead atoms. The van der Waals surface area contributed by atoms with Crippen molar-refractivity contribution in [2.24, 2.45) is 5.92 Å². The summed E-state index contributed by atoms with van der Waals surface area (Å²) in [5.41, 5.74) is 9.66. The number of anilines is 1. The van der Waals surface area contributed by atoms with E-state index in [1.54, 1.807) is 0 Å². The van der Waals surface area contributed by atoms with Crippen molar-refractivity contribution in [3.63, 3.8) is 0 Å². The summed E-state index contributed by atoms with van der Waals surface area (Å²) in [6.45, 7) is 4.62. The minimum Gasteiger partial charge on any atom is -0.399 e. The topological polar surface area (TPSA) is 29.3 Å². The average Bonchev–Trinajstić information content (AvgIpc) is 2.83. The Morgan fingerprint density at radius 3 is 2.75 bits per heavy atom. The first-order valence-corrected chi connectivity index (χ1v) is 6.33. The predicted molar refractivity (Wildman–Crippen MR) is 66.9 cm³/mol. The van der Waals surface area contributed by atoms with Crippen molar-refractivity contribution in [1.82, 2.24) is 4.90 Å². The molecule has 1 saturated carbocycles. The largest absolute Gasteiger partial charge is 0.399 e. The van der Waals surface area contributed by atoms with E-state index in [0.29, 0.717) is 0 Å². The molecule has 2 aliphatic rings. The average molecular weight is 216 g/mol. The molecule has 2 N–H and O–H groups in total. The van der Waals surface area contributed by atoms with Gasteiger partial charge in [0.2, 0.25) is 0 Å². The number of rotatable bonds is 1. The summed E-state index contributed by atoms with van der Waals surface area (Å²) in [6, 6.07) is 7.18. The Balaban J connectivity index is 1.75. The fourth-order valence-electron chi connectivity index (χ4n) is 3.21. The molecule has 2 atom stereocenters. The highest BCUT2D eigenvalue weighted by Gasteiger charge is 2.30. The van der Waals surface area contributed by atoms with Crippen LogP contribution < -0.4 is 5.73 Å². The Labute approximate surface area is 97.4 Å². The summed E-state index contributed by atoms with van der Waals surface area (Å²) in [5.74, 6) is 0.916. The van der Waals surface area contributed by atoms with Crippen molar-refractivity contribution >= 4 is 5.69 Å². The molecule has 0 aromatic heterocycles. The van der Waals surface area contributed by atoms with E-state index in [-0.39, 0.29) is 0 Å². The Kier molecular flexibility index (Phi) is 2.40. The molecule has 2 unspecified atom stereocenters. The minimum absolute atomic E-state index is 0.809. The maximum Gasteiger partial charge on any atom is 0.0317 e. The molecule has 3 rings (SSSR count). The van der Waals surface area contributed by atoms with Crippen molar-refractivity contribution in [2.75, 3.05) is 5.73 Å². The molecule has 2 heteroatoms. The second-order valence-electron chi connectivity index (χ2n) is 5.51. The van der Waals surface area contributed by atoms with Gasteiger partial charge in [-0.1, -0.05) is 13.0 Å². The van der Waals surface area contributed by atoms with Crippen LogP contribution in [0.2, 0.25) is 0 Å². The molecule has 1 aromatic rings. The lowest BCUT2D eigenvalue weighted by atomic mass is 10.1. The van der Waals surface area contributed by atoms with Crippen LogP contribution in [0.15, 0.2) is 18.2 Å². The quantitative estimate of drug-likeness (QED) is 0.731. The van der Waals surface area contributed by atoms with E-state index < -0.39 is 0 Å². The summed E-state index contributed by atoms with van der Waals surface area (Å²) < 4.78 is 0. The van der Waals surface area contributed by atoms with Gasteiger partial charge in [-0.3, -0.25) is 4.90 Å². The molecule has 2 nitrogen and oxygen atoms in total. The van der Waals surface area contributed by atoms with E-state index in [2.05, 4.69) is 24.0 Å². The molecule has 0 radical (unpaired) electrons. The van der Waals surface area contributed by atoms with Gasteiger partial charge >= 0.3 is 0 Å². The van der Waals surface area contributed by atoms with E-state index in [1.807, 2.05) is 6.07 Å². The van der Waals surface area contributed by atoms with Gasteiger partial charge in [0.1, 0.15) is 0 Å². The standard InChI is InChI=1S/C14H20N2/c1-10-2-5-14(6-10)16-8-11-3-4-13(15)7-12(11)9-16/h3-4,7,10,14H,2,5-6,8-9,15H2,1H3. The monoisotopic (exact) mass is 216 g/mol. The van der Waals surface area contributed by atoms with Crippen LogP contribution in [0.4, 0.5) is 5.69 Å². The molecule has 16 heavy (non-hydrogen) atoms. The molecular formula is C14H20N2. The molecule has 1 aromatic carbocycles. The zero-order valence-electron chi connectivity index (χ0n) is 9.95. The van der Waals surface area contributed by atoms with E-state index in [9.17, 15) is 0 Å². The Bertz CT molecular complexity index is 400. The molecule has 1 aliphatic heterocycles. The van der Waals surface area contributed by atoms with Gasteiger partial charge in [-0.25, -0.2) is 0 Å². The third kappa shape index (κ3) is 1.71. The second-order valence-corrected chi connectivity index (χ2v) is 5.51. The molecule has 1 heterocycles. The highest BCUT2D eigenvalue weighted by atomic mass is 15.2. The highest BCUT2D eigenvalue weighted by Crippen LogP contribution is 2.34. The fourth-order valence-corrected chi connectivity index (χ4v) is 3.21. The summed E-state index contributed by atoms with van der Waals surface area (Å²) in [5, 5.41) is 0. The van der Waals surface area contributed by atoms with Crippen LogP contribution >= 0.6 is 0 Å². The van der Waals surface area contributed by atoms with Crippen molar-refractivity contribution in [3.8, 4) is 0 Å². The number of nitrogens with zero attached hydrogens (tertiary/aromatic N) is 1. The second kappa shape index (κ2) is 3.77. The molecular weight excluding hydrogens is 196 g/mol. The van der Waals surface area contributed by atoms with Crippen LogP contribution in [0.3, 0.4) is 0 Å². The number of nitrogens with two attached hydrogens (primary N) is 1. The van der Waals surface area contributed by atoms with Gasteiger partial charge in [0.25, 0.3) is 0 Å². The van der Waals surface area contributed by atoms with E-state index >= 15 is 0 Å². The van der Waals surface area contributed by atoms with E-state index in [0.717, 1.165) is 30.7 Å². The van der Waals surface area contributed by atoms with Gasteiger partial charge in [0, 0.05) is 24.8 Å². The van der Waals surface area contributed by atoms with Crippen molar-refractivity contribution in [2.45, 2.75) is 45.3 Å². The highest BCUT2D eigenvalue weighted by molar-refractivity contribution is 5.46. The maximum atomic E-state index is 5.83. The van der Waals surface area contributed by atoms with Crippen molar-refractivity contribution < 1.29 is 0 Å². The van der Waals surface area contributed by atoms with E-state index in [1.165, 1.54) is 30.4 Å². The lowest BCUT2D eigenvalue weighted by Gasteiger charge is -2.23. The third-order valence-electron chi connectivity index (χ3n) is 4.16. The van der Waals surface area contributed by atoms with Crippen LogP contribution in [-0.2, 0) is 13.1 Å². The smallest absolute Gasteiger partial charge is 0.0317 e. The molecule has 86 valence electrons. The SMILES string of the molecule is CC1CCC(N2Cc3ccc(N)cc3C2)C1. The molecule has 0 amide bonds. The maximum absolute atomic E-state index is 5.83. The number of hydrogen-bond acceptors (Lipinski definition) is 2. The zero-order chi connectivity index (χ0) is 11.1. The van der Waals surface area contributed by atoms with Crippen molar-refractivity contribution in [3.05, 3.63) is 29.3 Å². The van der Waals surface area contributed by atoms with Gasteiger partial charge in [0.05, 0.1) is 0 Å². The fraction of sp³-hybridized carbons (Fsp3) is 0.571. The Morgan fingerprint density at radius 1 is 1.19 bits per heavy atom. The first-order chi connectivity index (χ1) is 7.72. The molecule has 1 aliphatic carbocycles. The molecule has 1 fully saturated rings. The third-order valence-corrected chi connectivity index (χ3v) is 4.16. The zero-order valence-corrected chi connectivity index (χ0v) is 9.95.